The number of halogens is 3. The van der Waals surface area contributed by atoms with E-state index >= 15 is 0 Å². The molecule has 0 aliphatic carbocycles. The van der Waals surface area contributed by atoms with Crippen molar-refractivity contribution in [2.45, 2.75) is 6.54 Å². The first-order valence-electron chi connectivity index (χ1n) is 10.0. The van der Waals surface area contributed by atoms with Gasteiger partial charge in [-0.05, 0) is 42.1 Å². The van der Waals surface area contributed by atoms with E-state index in [0.717, 1.165) is 16.5 Å². The number of carbonyl (C=O) groups is 1. The van der Waals surface area contributed by atoms with Crippen molar-refractivity contribution in [3.8, 4) is 0 Å². The number of nitrogens with zero attached hydrogens (tertiary/aromatic N) is 2. The first-order chi connectivity index (χ1) is 16.0. The Balaban J connectivity index is 1.49. The summed E-state index contributed by atoms with van der Waals surface area (Å²) in [7, 11) is 0. The second kappa shape index (κ2) is 9.06. The summed E-state index contributed by atoms with van der Waals surface area (Å²) in [5.41, 5.74) is 2.89. The van der Waals surface area contributed by atoms with Crippen molar-refractivity contribution >= 4 is 68.7 Å². The van der Waals surface area contributed by atoms with Crippen LogP contribution in [0.15, 0.2) is 82.8 Å². The monoisotopic (exact) mass is 495 g/mol. The molecule has 0 unspecified atom stereocenters. The quantitative estimate of drug-likeness (QED) is 0.309. The van der Waals surface area contributed by atoms with E-state index in [0.29, 0.717) is 37.9 Å². The van der Waals surface area contributed by atoms with Gasteiger partial charge in [-0.3, -0.25) is 4.79 Å². The number of fused-ring (bicyclic) bond motifs is 1. The average Bonchev–Trinajstić information content (AvgIpc) is 3.33. The van der Waals surface area contributed by atoms with Gasteiger partial charge in [0.1, 0.15) is 5.82 Å². The summed E-state index contributed by atoms with van der Waals surface area (Å²) in [6, 6.07) is 19.7. The molecule has 5 rings (SSSR count). The van der Waals surface area contributed by atoms with Crippen LogP contribution in [0, 0.1) is 5.82 Å². The predicted octanol–water partition coefficient (Wildman–Crippen LogP) is 7.03. The average molecular weight is 496 g/mol. The van der Waals surface area contributed by atoms with Crippen molar-refractivity contribution in [1.82, 2.24) is 9.88 Å². The molecule has 4 aromatic rings. The molecule has 1 N–H and O–H groups in total. The maximum Gasteiger partial charge on any atom is 0.264 e. The lowest BCUT2D eigenvalue weighted by atomic mass is 10.1. The highest BCUT2D eigenvalue weighted by atomic mass is 35.5. The number of rotatable bonds is 4. The molecule has 0 spiro atoms. The van der Waals surface area contributed by atoms with Gasteiger partial charge in [0.15, 0.2) is 5.17 Å². The lowest BCUT2D eigenvalue weighted by Crippen LogP contribution is -2.19. The fraction of sp³-hybridized carbons (Fsp3) is 0.0400. The number of amidine groups is 1. The number of aromatic nitrogens is 1. The van der Waals surface area contributed by atoms with Crippen LogP contribution >= 0.6 is 35.0 Å². The number of para-hydroxylation sites is 1. The van der Waals surface area contributed by atoms with Gasteiger partial charge in [0.25, 0.3) is 5.91 Å². The molecule has 0 radical (unpaired) electrons. The fourth-order valence-corrected chi connectivity index (χ4v) is 4.80. The molecule has 1 amide bonds. The number of benzene rings is 3. The summed E-state index contributed by atoms with van der Waals surface area (Å²) in [5.74, 6) is -0.496. The highest BCUT2D eigenvalue weighted by Gasteiger charge is 2.25. The third-order valence-electron chi connectivity index (χ3n) is 5.21. The van der Waals surface area contributed by atoms with Crippen molar-refractivity contribution in [3.63, 3.8) is 0 Å². The second-order valence-electron chi connectivity index (χ2n) is 7.38. The number of carbonyl (C=O) groups excluding carboxylic acids is 1. The van der Waals surface area contributed by atoms with Crippen LogP contribution in [0.3, 0.4) is 0 Å². The van der Waals surface area contributed by atoms with Crippen LogP contribution in [0.4, 0.5) is 10.1 Å². The Kier molecular flexibility index (Phi) is 5.98. The fourth-order valence-electron chi connectivity index (χ4n) is 3.64. The Morgan fingerprint density at radius 3 is 2.67 bits per heavy atom. The minimum absolute atomic E-state index is 0.247. The van der Waals surface area contributed by atoms with Crippen LogP contribution < -0.4 is 5.32 Å². The molecule has 1 aliphatic heterocycles. The maximum absolute atomic E-state index is 14.2. The highest BCUT2D eigenvalue weighted by Crippen LogP contribution is 2.35. The first-order valence-corrected chi connectivity index (χ1v) is 11.6. The molecule has 0 bridgehead atoms. The molecule has 2 heterocycles. The normalized spacial score (nSPS) is 16.2. The molecule has 3 aromatic carbocycles. The van der Waals surface area contributed by atoms with E-state index in [9.17, 15) is 9.18 Å². The van der Waals surface area contributed by atoms with E-state index in [1.807, 2.05) is 47.2 Å². The van der Waals surface area contributed by atoms with E-state index < -0.39 is 0 Å². The van der Waals surface area contributed by atoms with E-state index in [-0.39, 0.29) is 11.7 Å². The summed E-state index contributed by atoms with van der Waals surface area (Å²) in [6.07, 6.45) is 3.75. The number of amides is 1. The lowest BCUT2D eigenvalue weighted by Gasteiger charge is -2.06. The Bertz CT molecular complexity index is 1460. The van der Waals surface area contributed by atoms with Gasteiger partial charge in [0.2, 0.25) is 0 Å². The van der Waals surface area contributed by atoms with Crippen molar-refractivity contribution < 1.29 is 9.18 Å². The van der Waals surface area contributed by atoms with Gasteiger partial charge in [0.05, 0.1) is 27.2 Å². The number of aliphatic imine (C=N–C) groups is 1. The van der Waals surface area contributed by atoms with Crippen LogP contribution in [0.1, 0.15) is 11.1 Å². The van der Waals surface area contributed by atoms with Crippen LogP contribution in [0.5, 0.6) is 0 Å². The Morgan fingerprint density at radius 2 is 1.82 bits per heavy atom. The predicted molar refractivity (Wildman–Crippen MR) is 135 cm³/mol. The molecule has 1 aliphatic rings. The summed E-state index contributed by atoms with van der Waals surface area (Å²) >= 11 is 13.5. The molecule has 0 saturated carbocycles. The zero-order valence-electron chi connectivity index (χ0n) is 17.1. The van der Waals surface area contributed by atoms with Gasteiger partial charge in [-0.15, -0.1) is 0 Å². The Labute approximate surface area is 203 Å². The van der Waals surface area contributed by atoms with Gasteiger partial charge >= 0.3 is 0 Å². The summed E-state index contributed by atoms with van der Waals surface area (Å²) in [6.45, 7) is 0.385. The standard InChI is InChI=1S/C25H16Cl2FN3OS/c26-18-8-5-10-20(23(18)27)29-25-30-24(32)22(33-25)12-16-14-31(21-11-4-2-7-17(16)21)13-15-6-1-3-9-19(15)28/h1-12,14H,13H2,(H,29,30,32)/b22-12+. The van der Waals surface area contributed by atoms with Gasteiger partial charge < -0.3 is 9.88 Å². The SMILES string of the molecule is O=C1NC(=Nc2cccc(Cl)c2Cl)S/C1=C/c1cn(Cc2ccccc2F)c2ccccc12. The number of nitrogens with one attached hydrogen (secondary N) is 1. The van der Waals surface area contributed by atoms with Crippen LogP contribution in [0.25, 0.3) is 17.0 Å². The van der Waals surface area contributed by atoms with Gasteiger partial charge in [-0.1, -0.05) is 65.7 Å². The van der Waals surface area contributed by atoms with Crippen molar-refractivity contribution in [1.29, 1.82) is 0 Å². The summed E-state index contributed by atoms with van der Waals surface area (Å²) in [5, 5.41) is 4.88. The third kappa shape index (κ3) is 4.42. The minimum Gasteiger partial charge on any atom is -0.342 e. The van der Waals surface area contributed by atoms with E-state index in [1.165, 1.54) is 17.8 Å². The highest BCUT2D eigenvalue weighted by molar-refractivity contribution is 8.18. The molecular weight excluding hydrogens is 480 g/mol. The smallest absolute Gasteiger partial charge is 0.264 e. The van der Waals surface area contributed by atoms with Crippen molar-refractivity contribution in [2.75, 3.05) is 0 Å². The van der Waals surface area contributed by atoms with E-state index in [1.54, 1.807) is 30.3 Å². The number of thioether (sulfide) groups is 1. The largest absolute Gasteiger partial charge is 0.342 e. The zero-order chi connectivity index (χ0) is 22.9. The summed E-state index contributed by atoms with van der Waals surface area (Å²) < 4.78 is 16.2. The Hall–Kier alpha value is -3.06. The second-order valence-corrected chi connectivity index (χ2v) is 9.19. The molecule has 4 nitrogen and oxygen atoms in total. The first kappa shape index (κ1) is 21.8. The molecule has 0 atom stereocenters. The van der Waals surface area contributed by atoms with Crippen LogP contribution in [0.2, 0.25) is 10.0 Å². The lowest BCUT2D eigenvalue weighted by molar-refractivity contribution is -0.115. The summed E-state index contributed by atoms with van der Waals surface area (Å²) in [4.78, 5) is 17.6. The molecule has 8 heteroatoms. The van der Waals surface area contributed by atoms with Gasteiger partial charge in [-0.25, -0.2) is 9.38 Å². The molecule has 164 valence electrons. The number of hydrogen-bond acceptors (Lipinski definition) is 3. The molecule has 1 saturated heterocycles. The number of hydrogen-bond donors (Lipinski definition) is 1. The molecule has 1 aromatic heterocycles. The molecule has 33 heavy (non-hydrogen) atoms. The third-order valence-corrected chi connectivity index (χ3v) is 6.93. The van der Waals surface area contributed by atoms with E-state index in [4.69, 9.17) is 23.2 Å². The van der Waals surface area contributed by atoms with Crippen molar-refractivity contribution in [2.24, 2.45) is 4.99 Å². The Morgan fingerprint density at radius 1 is 1.03 bits per heavy atom. The zero-order valence-corrected chi connectivity index (χ0v) is 19.4. The van der Waals surface area contributed by atoms with Crippen molar-refractivity contribution in [3.05, 3.63) is 105 Å². The minimum atomic E-state index is -0.249. The molecule has 1 fully saturated rings. The van der Waals surface area contributed by atoms with E-state index in [2.05, 4.69) is 10.3 Å². The molecular formula is C25H16Cl2FN3OS. The van der Waals surface area contributed by atoms with Crippen LogP contribution in [-0.4, -0.2) is 15.6 Å². The topological polar surface area (TPSA) is 46.4 Å². The van der Waals surface area contributed by atoms with Gasteiger partial charge in [-0.2, -0.15) is 0 Å². The maximum atomic E-state index is 14.2. The van der Waals surface area contributed by atoms with Crippen LogP contribution in [-0.2, 0) is 11.3 Å². The van der Waals surface area contributed by atoms with Gasteiger partial charge in [0, 0.05) is 28.2 Å².